The molecule has 0 spiro atoms. The lowest BCUT2D eigenvalue weighted by molar-refractivity contribution is 0.658. The summed E-state index contributed by atoms with van der Waals surface area (Å²) >= 11 is 7.82. The topological polar surface area (TPSA) is 12.0 Å². The van der Waals surface area contributed by atoms with Crippen molar-refractivity contribution in [3.8, 4) is 0 Å². The van der Waals surface area contributed by atoms with Crippen molar-refractivity contribution in [2.75, 3.05) is 6.54 Å². The van der Waals surface area contributed by atoms with Crippen LogP contribution in [0.1, 0.15) is 23.4 Å². The van der Waals surface area contributed by atoms with Crippen LogP contribution in [0.2, 0.25) is 5.02 Å². The highest BCUT2D eigenvalue weighted by molar-refractivity contribution is 7.10. The second-order valence-corrected chi connectivity index (χ2v) is 4.16. The van der Waals surface area contributed by atoms with E-state index in [0.29, 0.717) is 0 Å². The third-order valence-electron chi connectivity index (χ3n) is 1.87. The van der Waals surface area contributed by atoms with Crippen molar-refractivity contribution in [1.29, 1.82) is 0 Å². The van der Waals surface area contributed by atoms with Gasteiger partial charge in [0.05, 0.1) is 11.1 Å². The van der Waals surface area contributed by atoms with Gasteiger partial charge in [-0.05, 0) is 24.4 Å². The van der Waals surface area contributed by atoms with Gasteiger partial charge in [-0.3, -0.25) is 0 Å². The molecule has 1 aromatic heterocycles. The number of hydrogen-bond acceptors (Lipinski definition) is 2. The van der Waals surface area contributed by atoms with Crippen molar-refractivity contribution in [1.82, 2.24) is 5.32 Å². The molecule has 0 radical (unpaired) electrons. The van der Waals surface area contributed by atoms with Crippen molar-refractivity contribution in [3.63, 3.8) is 0 Å². The second-order valence-electron chi connectivity index (χ2n) is 2.87. The van der Waals surface area contributed by atoms with E-state index in [2.05, 4.69) is 24.2 Å². The van der Waals surface area contributed by atoms with Crippen LogP contribution in [0.4, 0.5) is 0 Å². The molecule has 1 N–H and O–H groups in total. The Morgan fingerprint density at radius 3 is 2.85 bits per heavy atom. The summed E-state index contributed by atoms with van der Waals surface area (Å²) in [6.07, 6.45) is 1.89. The van der Waals surface area contributed by atoms with Crippen molar-refractivity contribution in [2.45, 2.75) is 19.9 Å². The molecule has 1 rings (SSSR count). The first-order chi connectivity index (χ1) is 6.20. The van der Waals surface area contributed by atoms with Gasteiger partial charge in [0, 0.05) is 4.88 Å². The molecule has 0 aliphatic rings. The standard InChI is InChI=1S/C10H14ClNS/c1-4-8(12-5-2)10-9(11)7(3)6-13-10/h4,6,8,12H,1,5H2,2-3H3. The molecule has 0 saturated carbocycles. The third kappa shape index (κ3) is 2.33. The summed E-state index contributed by atoms with van der Waals surface area (Å²) in [5, 5.41) is 6.26. The molecule has 1 nitrogen and oxygen atoms in total. The fourth-order valence-electron chi connectivity index (χ4n) is 1.16. The number of aryl methyl sites for hydroxylation is 1. The minimum Gasteiger partial charge on any atom is -0.306 e. The Morgan fingerprint density at radius 1 is 1.77 bits per heavy atom. The lowest BCUT2D eigenvalue weighted by atomic mass is 10.2. The van der Waals surface area contributed by atoms with Crippen LogP contribution in [0.3, 0.4) is 0 Å². The molecular formula is C10H14ClNS. The first-order valence-electron chi connectivity index (χ1n) is 4.30. The predicted molar refractivity (Wildman–Crippen MR) is 60.7 cm³/mol. The Hall–Kier alpha value is -0.310. The van der Waals surface area contributed by atoms with E-state index in [1.54, 1.807) is 11.3 Å². The molecule has 13 heavy (non-hydrogen) atoms. The van der Waals surface area contributed by atoms with Crippen LogP contribution in [0.25, 0.3) is 0 Å². The highest BCUT2D eigenvalue weighted by Gasteiger charge is 2.13. The minimum absolute atomic E-state index is 0.191. The first kappa shape index (κ1) is 10.8. The molecule has 1 unspecified atom stereocenters. The SMILES string of the molecule is C=CC(NCC)c1scc(C)c1Cl. The summed E-state index contributed by atoms with van der Waals surface area (Å²) in [5.41, 5.74) is 1.14. The van der Waals surface area contributed by atoms with E-state index in [1.807, 2.05) is 13.0 Å². The molecule has 1 aromatic rings. The van der Waals surface area contributed by atoms with Crippen molar-refractivity contribution in [3.05, 3.63) is 33.5 Å². The van der Waals surface area contributed by atoms with Gasteiger partial charge in [-0.1, -0.05) is 24.6 Å². The normalized spacial score (nSPS) is 12.8. The second kappa shape index (κ2) is 4.80. The lowest BCUT2D eigenvalue weighted by Gasteiger charge is -2.11. The average molecular weight is 216 g/mol. The van der Waals surface area contributed by atoms with E-state index in [-0.39, 0.29) is 6.04 Å². The number of hydrogen-bond donors (Lipinski definition) is 1. The van der Waals surface area contributed by atoms with Gasteiger partial charge < -0.3 is 5.32 Å². The van der Waals surface area contributed by atoms with E-state index >= 15 is 0 Å². The minimum atomic E-state index is 0.191. The molecular weight excluding hydrogens is 202 g/mol. The summed E-state index contributed by atoms with van der Waals surface area (Å²) in [6, 6.07) is 0.191. The van der Waals surface area contributed by atoms with Crippen LogP contribution in [0.15, 0.2) is 18.0 Å². The smallest absolute Gasteiger partial charge is 0.0613 e. The van der Waals surface area contributed by atoms with Crippen molar-refractivity contribution in [2.24, 2.45) is 0 Å². The average Bonchev–Trinajstić information content (AvgIpc) is 2.45. The zero-order valence-corrected chi connectivity index (χ0v) is 9.50. The molecule has 0 amide bonds. The van der Waals surface area contributed by atoms with Gasteiger partial charge >= 0.3 is 0 Å². The largest absolute Gasteiger partial charge is 0.306 e. The number of nitrogens with one attached hydrogen (secondary N) is 1. The quantitative estimate of drug-likeness (QED) is 0.758. The zero-order valence-electron chi connectivity index (χ0n) is 7.93. The fourth-order valence-corrected chi connectivity index (χ4v) is 2.55. The Balaban J connectivity index is 2.90. The van der Waals surface area contributed by atoms with Crippen molar-refractivity contribution >= 4 is 22.9 Å². The summed E-state index contributed by atoms with van der Waals surface area (Å²) in [7, 11) is 0. The summed E-state index contributed by atoms with van der Waals surface area (Å²) < 4.78 is 0. The van der Waals surface area contributed by atoms with Crippen LogP contribution in [-0.4, -0.2) is 6.54 Å². The molecule has 1 heterocycles. The third-order valence-corrected chi connectivity index (χ3v) is 3.66. The van der Waals surface area contributed by atoms with E-state index in [0.717, 1.165) is 22.0 Å². The number of thiophene rings is 1. The van der Waals surface area contributed by atoms with Gasteiger partial charge in [0.25, 0.3) is 0 Å². The Bertz CT molecular complexity index is 293. The summed E-state index contributed by atoms with van der Waals surface area (Å²) in [5.74, 6) is 0. The summed E-state index contributed by atoms with van der Waals surface area (Å²) in [4.78, 5) is 1.16. The number of likely N-dealkylation sites (N-methyl/N-ethyl adjacent to an activating group) is 1. The Kier molecular flexibility index (Phi) is 3.97. The van der Waals surface area contributed by atoms with E-state index in [9.17, 15) is 0 Å². The van der Waals surface area contributed by atoms with Gasteiger partial charge in [-0.25, -0.2) is 0 Å². The monoisotopic (exact) mass is 215 g/mol. The number of halogens is 1. The Morgan fingerprint density at radius 2 is 2.46 bits per heavy atom. The van der Waals surface area contributed by atoms with E-state index < -0.39 is 0 Å². The lowest BCUT2D eigenvalue weighted by Crippen LogP contribution is -2.17. The van der Waals surface area contributed by atoms with Gasteiger partial charge in [-0.2, -0.15) is 0 Å². The maximum Gasteiger partial charge on any atom is 0.0613 e. The number of rotatable bonds is 4. The Labute approximate surface area is 88.4 Å². The molecule has 0 aliphatic carbocycles. The first-order valence-corrected chi connectivity index (χ1v) is 5.55. The molecule has 0 aliphatic heterocycles. The van der Waals surface area contributed by atoms with Crippen molar-refractivity contribution < 1.29 is 0 Å². The molecule has 3 heteroatoms. The maximum atomic E-state index is 6.14. The van der Waals surface area contributed by atoms with Crippen LogP contribution < -0.4 is 5.32 Å². The molecule has 0 saturated heterocycles. The maximum absolute atomic E-state index is 6.14. The molecule has 0 fully saturated rings. The van der Waals surface area contributed by atoms with Crippen LogP contribution in [0, 0.1) is 6.92 Å². The fraction of sp³-hybridized carbons (Fsp3) is 0.400. The molecule has 72 valence electrons. The van der Waals surface area contributed by atoms with Gasteiger partial charge in [0.1, 0.15) is 0 Å². The van der Waals surface area contributed by atoms with E-state index in [1.165, 1.54) is 0 Å². The highest BCUT2D eigenvalue weighted by Crippen LogP contribution is 2.32. The van der Waals surface area contributed by atoms with Gasteiger partial charge in [0.2, 0.25) is 0 Å². The molecule has 1 atom stereocenters. The molecule has 0 aromatic carbocycles. The highest BCUT2D eigenvalue weighted by atomic mass is 35.5. The predicted octanol–water partition coefficient (Wildman–Crippen LogP) is 3.55. The van der Waals surface area contributed by atoms with Crippen LogP contribution in [-0.2, 0) is 0 Å². The van der Waals surface area contributed by atoms with Gasteiger partial charge in [-0.15, -0.1) is 17.9 Å². The van der Waals surface area contributed by atoms with E-state index in [4.69, 9.17) is 11.6 Å². The van der Waals surface area contributed by atoms with Gasteiger partial charge in [0.15, 0.2) is 0 Å². The summed E-state index contributed by atoms with van der Waals surface area (Å²) in [6.45, 7) is 8.81. The van der Waals surface area contributed by atoms with Crippen LogP contribution >= 0.6 is 22.9 Å². The zero-order chi connectivity index (χ0) is 9.84. The molecule has 0 bridgehead atoms. The van der Waals surface area contributed by atoms with Crippen LogP contribution in [0.5, 0.6) is 0 Å².